The van der Waals surface area contributed by atoms with Gasteiger partial charge in [-0.25, -0.2) is 0 Å². The third-order valence-electron chi connectivity index (χ3n) is 2.48. The number of rotatable bonds is 4. The third-order valence-corrected chi connectivity index (χ3v) is 4.55. The van der Waals surface area contributed by atoms with Crippen molar-refractivity contribution in [1.29, 1.82) is 0 Å². The fourth-order valence-electron chi connectivity index (χ4n) is 1.10. The number of hydrogen-bond acceptors (Lipinski definition) is 3. The Bertz CT molecular complexity index is 266. The predicted molar refractivity (Wildman–Crippen MR) is 58.9 cm³/mol. The first-order chi connectivity index (χ1) is 6.00. The van der Waals surface area contributed by atoms with Crippen molar-refractivity contribution in [3.8, 4) is 0 Å². The van der Waals surface area contributed by atoms with Gasteiger partial charge in [0.1, 0.15) is 0 Å². The van der Waals surface area contributed by atoms with Crippen LogP contribution in [0.2, 0.25) is 0 Å². The van der Waals surface area contributed by atoms with Crippen LogP contribution in [0.3, 0.4) is 0 Å². The highest BCUT2D eigenvalue weighted by molar-refractivity contribution is 7.86. The van der Waals surface area contributed by atoms with Gasteiger partial charge >= 0.3 is 0 Å². The summed E-state index contributed by atoms with van der Waals surface area (Å²) in [5.41, 5.74) is 0. The van der Waals surface area contributed by atoms with Crippen LogP contribution in [-0.2, 0) is 10.2 Å². The van der Waals surface area contributed by atoms with Crippen molar-refractivity contribution >= 4 is 22.6 Å². The van der Waals surface area contributed by atoms with E-state index in [2.05, 4.69) is 5.32 Å². The maximum atomic E-state index is 11.7. The lowest BCUT2D eigenvalue weighted by molar-refractivity contribution is 0.259. The number of nitrogens with zero attached hydrogens (tertiary/aromatic N) is 2. The van der Waals surface area contributed by atoms with Gasteiger partial charge in [0.15, 0.2) is 0 Å². The monoisotopic (exact) mass is 243 g/mol. The summed E-state index contributed by atoms with van der Waals surface area (Å²) in [5.74, 6) is 0. The fourth-order valence-corrected chi connectivity index (χ4v) is 2.39. The molecule has 0 radical (unpaired) electrons. The lowest BCUT2D eigenvalue weighted by Gasteiger charge is -2.36. The first-order valence-corrected chi connectivity index (χ1v) is 5.80. The van der Waals surface area contributed by atoms with E-state index in [1.165, 1.54) is 8.61 Å². The maximum Gasteiger partial charge on any atom is 0.281 e. The van der Waals surface area contributed by atoms with Gasteiger partial charge in [0.2, 0.25) is 0 Å². The summed E-state index contributed by atoms with van der Waals surface area (Å²) in [5, 5.41) is 3.05. The molecule has 86 valence electrons. The Labute approximate surface area is 92.0 Å². The molecular formula is C7H18ClN3O2S. The Kier molecular flexibility index (Phi) is 5.32. The van der Waals surface area contributed by atoms with Crippen molar-refractivity contribution in [2.24, 2.45) is 0 Å². The number of nitrogens with one attached hydrogen (secondary N) is 1. The zero-order valence-electron chi connectivity index (χ0n) is 8.73. The maximum absolute atomic E-state index is 11.7. The summed E-state index contributed by atoms with van der Waals surface area (Å²) in [4.78, 5) is 0. The van der Waals surface area contributed by atoms with Gasteiger partial charge in [-0.3, -0.25) is 0 Å². The molecule has 1 rings (SSSR count). The van der Waals surface area contributed by atoms with Crippen molar-refractivity contribution in [2.45, 2.75) is 13.0 Å². The first kappa shape index (κ1) is 14.1. The van der Waals surface area contributed by atoms with Crippen LogP contribution in [0.5, 0.6) is 0 Å². The average Bonchev–Trinajstić information content (AvgIpc) is 1.99. The zero-order chi connectivity index (χ0) is 10.1. The van der Waals surface area contributed by atoms with Crippen LogP contribution >= 0.6 is 12.4 Å². The van der Waals surface area contributed by atoms with E-state index in [0.717, 1.165) is 13.1 Å². The first-order valence-electron chi connectivity index (χ1n) is 4.40. The van der Waals surface area contributed by atoms with Crippen molar-refractivity contribution < 1.29 is 8.42 Å². The van der Waals surface area contributed by atoms with Gasteiger partial charge in [-0.2, -0.15) is 17.0 Å². The Balaban J connectivity index is 0.00000169. The van der Waals surface area contributed by atoms with Gasteiger partial charge in [0, 0.05) is 33.7 Å². The molecule has 0 aromatic rings. The van der Waals surface area contributed by atoms with E-state index in [1.54, 1.807) is 14.1 Å². The van der Waals surface area contributed by atoms with E-state index in [0.29, 0.717) is 6.54 Å². The fraction of sp³-hybridized carbons (Fsp3) is 1.00. The van der Waals surface area contributed by atoms with Gasteiger partial charge in [0.25, 0.3) is 10.2 Å². The lowest BCUT2D eigenvalue weighted by Crippen LogP contribution is -2.59. The minimum atomic E-state index is -3.22. The second-order valence-electron chi connectivity index (χ2n) is 3.25. The molecule has 0 unspecified atom stereocenters. The van der Waals surface area contributed by atoms with E-state index >= 15 is 0 Å². The van der Waals surface area contributed by atoms with E-state index in [1.807, 2.05) is 6.92 Å². The van der Waals surface area contributed by atoms with E-state index < -0.39 is 10.2 Å². The Morgan fingerprint density at radius 1 is 1.36 bits per heavy atom. The highest BCUT2D eigenvalue weighted by Gasteiger charge is 2.32. The molecular weight excluding hydrogens is 226 g/mol. The van der Waals surface area contributed by atoms with Crippen LogP contribution in [0.4, 0.5) is 0 Å². The van der Waals surface area contributed by atoms with Crippen LogP contribution < -0.4 is 5.32 Å². The van der Waals surface area contributed by atoms with E-state index in [4.69, 9.17) is 0 Å². The Morgan fingerprint density at radius 3 is 2.14 bits per heavy atom. The van der Waals surface area contributed by atoms with Gasteiger partial charge in [-0.15, -0.1) is 12.4 Å². The summed E-state index contributed by atoms with van der Waals surface area (Å²) >= 11 is 0. The standard InChI is InChI=1S/C7H17N3O2S.ClH/c1-4-9(2)13(11,12)10(3)7-5-8-6-7;/h7-8H,4-6H2,1-3H3;1H. The second-order valence-corrected chi connectivity index (χ2v) is 5.35. The largest absolute Gasteiger partial charge is 0.313 e. The predicted octanol–water partition coefficient (Wildman–Crippen LogP) is -0.492. The highest BCUT2D eigenvalue weighted by Crippen LogP contribution is 2.10. The van der Waals surface area contributed by atoms with Crippen LogP contribution in [-0.4, -0.2) is 56.8 Å². The molecule has 0 aliphatic carbocycles. The average molecular weight is 244 g/mol. The molecule has 0 aromatic heterocycles. The molecule has 0 bridgehead atoms. The minimum absolute atomic E-state index is 0. The van der Waals surface area contributed by atoms with Gasteiger partial charge in [-0.05, 0) is 0 Å². The Morgan fingerprint density at radius 2 is 1.86 bits per heavy atom. The van der Waals surface area contributed by atoms with Gasteiger partial charge in [-0.1, -0.05) is 6.92 Å². The molecule has 5 nitrogen and oxygen atoms in total. The molecule has 0 atom stereocenters. The second kappa shape index (κ2) is 5.27. The van der Waals surface area contributed by atoms with Gasteiger partial charge < -0.3 is 5.32 Å². The minimum Gasteiger partial charge on any atom is -0.313 e. The topological polar surface area (TPSA) is 52.7 Å². The molecule has 0 aromatic carbocycles. The molecule has 0 amide bonds. The smallest absolute Gasteiger partial charge is 0.281 e. The van der Waals surface area contributed by atoms with E-state index in [9.17, 15) is 8.42 Å². The molecule has 7 heteroatoms. The lowest BCUT2D eigenvalue weighted by atomic mass is 10.2. The summed E-state index contributed by atoms with van der Waals surface area (Å²) in [7, 11) is 0.00463. The van der Waals surface area contributed by atoms with Crippen LogP contribution in [0.1, 0.15) is 6.92 Å². The molecule has 1 aliphatic heterocycles. The zero-order valence-corrected chi connectivity index (χ0v) is 10.4. The summed E-state index contributed by atoms with van der Waals surface area (Å²) in [6.07, 6.45) is 0. The summed E-state index contributed by atoms with van der Waals surface area (Å²) in [6, 6.07) is 0.124. The SMILES string of the molecule is CCN(C)S(=O)(=O)N(C)C1CNC1.Cl. The molecule has 14 heavy (non-hydrogen) atoms. The van der Waals surface area contributed by atoms with Crippen LogP contribution in [0.25, 0.3) is 0 Å². The van der Waals surface area contributed by atoms with Crippen molar-refractivity contribution in [3.05, 3.63) is 0 Å². The molecule has 0 spiro atoms. The molecule has 1 heterocycles. The Hall–Kier alpha value is 0.120. The molecule has 1 aliphatic rings. The van der Waals surface area contributed by atoms with Gasteiger partial charge in [0.05, 0.1) is 6.04 Å². The molecule has 0 saturated carbocycles. The molecule has 1 saturated heterocycles. The van der Waals surface area contributed by atoms with Crippen molar-refractivity contribution in [1.82, 2.24) is 13.9 Å². The highest BCUT2D eigenvalue weighted by atomic mass is 35.5. The third kappa shape index (κ3) is 2.58. The number of halogens is 1. The van der Waals surface area contributed by atoms with Crippen molar-refractivity contribution in [2.75, 3.05) is 33.7 Å². The number of likely N-dealkylation sites (N-methyl/N-ethyl adjacent to an activating group) is 1. The molecule has 1 fully saturated rings. The normalized spacial score (nSPS) is 18.1. The summed E-state index contributed by atoms with van der Waals surface area (Å²) < 4.78 is 26.2. The molecule has 1 N–H and O–H groups in total. The number of hydrogen-bond donors (Lipinski definition) is 1. The summed E-state index contributed by atoms with van der Waals surface area (Å²) in [6.45, 7) is 3.85. The van der Waals surface area contributed by atoms with Crippen LogP contribution in [0.15, 0.2) is 0 Å². The van der Waals surface area contributed by atoms with Crippen LogP contribution in [0, 0.1) is 0 Å². The van der Waals surface area contributed by atoms with Crippen molar-refractivity contribution in [3.63, 3.8) is 0 Å². The van der Waals surface area contributed by atoms with E-state index in [-0.39, 0.29) is 18.4 Å². The quantitative estimate of drug-likeness (QED) is 0.725.